The molecule has 0 aromatic rings. The van der Waals surface area contributed by atoms with Crippen LogP contribution in [0.25, 0.3) is 0 Å². The lowest BCUT2D eigenvalue weighted by Gasteiger charge is -2.38. The van der Waals surface area contributed by atoms with Gasteiger partial charge in [-0.2, -0.15) is 0 Å². The molecule has 0 unspecified atom stereocenters. The summed E-state index contributed by atoms with van der Waals surface area (Å²) in [5.74, 6) is 0.793. The van der Waals surface area contributed by atoms with Crippen molar-refractivity contribution in [3.63, 3.8) is 0 Å². The van der Waals surface area contributed by atoms with Crippen LogP contribution in [0.2, 0.25) is 0 Å². The first-order valence-electron chi connectivity index (χ1n) is 7.59. The number of likely N-dealkylation sites (tertiary alicyclic amines) is 1. The van der Waals surface area contributed by atoms with Crippen LogP contribution in [0.3, 0.4) is 0 Å². The molecule has 2 aliphatic rings. The van der Waals surface area contributed by atoms with Gasteiger partial charge in [-0.15, -0.1) is 0 Å². The summed E-state index contributed by atoms with van der Waals surface area (Å²) in [5.41, 5.74) is 5.39. The van der Waals surface area contributed by atoms with Crippen LogP contribution in [0.4, 0.5) is 0 Å². The van der Waals surface area contributed by atoms with Gasteiger partial charge in [0, 0.05) is 32.7 Å². The van der Waals surface area contributed by atoms with Gasteiger partial charge < -0.3 is 15.4 Å². The maximum atomic E-state index is 11.5. The monoisotopic (exact) mass is 282 g/mol. The smallest absolute Gasteiger partial charge is 0.236 e. The van der Waals surface area contributed by atoms with Crippen molar-refractivity contribution in [2.24, 2.45) is 11.7 Å². The third kappa shape index (κ3) is 4.26. The van der Waals surface area contributed by atoms with Gasteiger partial charge in [0.2, 0.25) is 5.91 Å². The minimum atomic E-state index is 0.0619. The van der Waals surface area contributed by atoms with Crippen LogP contribution in [0, 0.1) is 5.92 Å². The number of carbonyl (C=O) groups excluding carboxylic acids is 2. The lowest BCUT2D eigenvalue weighted by atomic mass is 9.96. The van der Waals surface area contributed by atoms with Gasteiger partial charge in [0.05, 0.1) is 13.1 Å². The van der Waals surface area contributed by atoms with Crippen molar-refractivity contribution < 1.29 is 9.59 Å². The number of nitrogens with zero attached hydrogens (tertiary/aromatic N) is 3. The van der Waals surface area contributed by atoms with Gasteiger partial charge in [0.25, 0.3) is 0 Å². The van der Waals surface area contributed by atoms with Crippen molar-refractivity contribution in [1.82, 2.24) is 14.7 Å². The standard InChI is InChI=1S/C14H26N4O2/c15-11-14(20)18-7-5-17(6-8-18)12-13-1-3-16(4-2-13)9-10-19/h10,13H,1-9,11-12,15H2. The highest BCUT2D eigenvalue weighted by atomic mass is 16.2. The van der Waals surface area contributed by atoms with Gasteiger partial charge in [-0.05, 0) is 31.8 Å². The van der Waals surface area contributed by atoms with Crippen molar-refractivity contribution in [3.8, 4) is 0 Å². The van der Waals surface area contributed by atoms with Crippen molar-refractivity contribution >= 4 is 12.2 Å². The molecule has 2 heterocycles. The molecule has 2 rings (SSSR count). The summed E-state index contributed by atoms with van der Waals surface area (Å²) in [6.45, 7) is 7.42. The fourth-order valence-electron chi connectivity index (χ4n) is 3.13. The van der Waals surface area contributed by atoms with Gasteiger partial charge in [-0.3, -0.25) is 14.6 Å². The SMILES string of the molecule is NCC(=O)N1CCN(CC2CCN(CC=O)CC2)CC1. The molecular weight excluding hydrogens is 256 g/mol. The van der Waals surface area contributed by atoms with Crippen LogP contribution in [0.5, 0.6) is 0 Å². The summed E-state index contributed by atoms with van der Waals surface area (Å²) in [6.07, 6.45) is 3.35. The average molecular weight is 282 g/mol. The molecule has 0 aromatic heterocycles. The zero-order valence-corrected chi connectivity index (χ0v) is 12.2. The van der Waals surface area contributed by atoms with Crippen molar-refractivity contribution in [2.45, 2.75) is 12.8 Å². The topological polar surface area (TPSA) is 69.9 Å². The molecule has 2 saturated heterocycles. The van der Waals surface area contributed by atoms with Gasteiger partial charge in [0.1, 0.15) is 6.29 Å². The van der Waals surface area contributed by atoms with Crippen molar-refractivity contribution in [1.29, 1.82) is 0 Å². The molecule has 0 aliphatic carbocycles. The summed E-state index contributed by atoms with van der Waals surface area (Å²) in [6, 6.07) is 0. The Hall–Kier alpha value is -0.980. The number of rotatable bonds is 5. The molecular formula is C14H26N4O2. The fourth-order valence-corrected chi connectivity index (χ4v) is 3.13. The molecule has 0 aromatic carbocycles. The van der Waals surface area contributed by atoms with Gasteiger partial charge >= 0.3 is 0 Å². The van der Waals surface area contributed by atoms with Gasteiger partial charge in [-0.25, -0.2) is 0 Å². The average Bonchev–Trinajstić information content (AvgIpc) is 2.49. The molecule has 6 heteroatoms. The van der Waals surface area contributed by atoms with E-state index in [1.54, 1.807) is 0 Å². The fraction of sp³-hybridized carbons (Fsp3) is 0.857. The number of piperazine rings is 1. The highest BCUT2D eigenvalue weighted by molar-refractivity contribution is 5.78. The van der Waals surface area contributed by atoms with Crippen LogP contribution in [0.15, 0.2) is 0 Å². The molecule has 6 nitrogen and oxygen atoms in total. The molecule has 0 radical (unpaired) electrons. The Labute approximate surface area is 120 Å². The lowest BCUT2D eigenvalue weighted by molar-refractivity contribution is -0.131. The van der Waals surface area contributed by atoms with Crippen molar-refractivity contribution in [2.75, 3.05) is 58.9 Å². The first-order chi connectivity index (χ1) is 9.72. The third-order valence-corrected chi connectivity index (χ3v) is 4.46. The predicted octanol–water partition coefficient (Wildman–Crippen LogP) is -1.000. The quantitative estimate of drug-likeness (QED) is 0.655. The van der Waals surface area contributed by atoms with E-state index in [0.29, 0.717) is 6.54 Å². The normalized spacial score (nSPS) is 22.9. The van der Waals surface area contributed by atoms with Gasteiger partial charge in [0.15, 0.2) is 0 Å². The summed E-state index contributed by atoms with van der Waals surface area (Å²) in [4.78, 5) is 28.5. The zero-order valence-electron chi connectivity index (χ0n) is 12.2. The van der Waals surface area contributed by atoms with E-state index in [4.69, 9.17) is 5.73 Å². The lowest BCUT2D eigenvalue weighted by Crippen LogP contribution is -2.51. The molecule has 2 N–H and O–H groups in total. The zero-order chi connectivity index (χ0) is 14.4. The number of nitrogens with two attached hydrogens (primary N) is 1. The maximum absolute atomic E-state index is 11.5. The van der Waals surface area contributed by atoms with E-state index < -0.39 is 0 Å². The highest BCUT2D eigenvalue weighted by Gasteiger charge is 2.24. The third-order valence-electron chi connectivity index (χ3n) is 4.46. The highest BCUT2D eigenvalue weighted by Crippen LogP contribution is 2.18. The number of hydrogen-bond acceptors (Lipinski definition) is 5. The number of amides is 1. The second-order valence-electron chi connectivity index (χ2n) is 5.80. The van der Waals surface area contributed by atoms with E-state index in [9.17, 15) is 9.59 Å². The summed E-state index contributed by atoms with van der Waals surface area (Å²) < 4.78 is 0. The minimum Gasteiger partial charge on any atom is -0.339 e. The number of aldehydes is 1. The molecule has 0 bridgehead atoms. The molecule has 2 aliphatic heterocycles. The van der Waals surface area contributed by atoms with Crippen LogP contribution in [0.1, 0.15) is 12.8 Å². The second kappa shape index (κ2) is 7.71. The molecule has 0 spiro atoms. The summed E-state index contributed by atoms with van der Waals surface area (Å²) in [7, 11) is 0. The van der Waals surface area contributed by atoms with E-state index in [1.165, 1.54) is 12.8 Å². The van der Waals surface area contributed by atoms with E-state index >= 15 is 0 Å². The van der Waals surface area contributed by atoms with E-state index in [0.717, 1.165) is 58.0 Å². The molecule has 0 atom stereocenters. The Balaban J connectivity index is 1.66. The van der Waals surface area contributed by atoms with Crippen LogP contribution < -0.4 is 5.73 Å². The van der Waals surface area contributed by atoms with Crippen molar-refractivity contribution in [3.05, 3.63) is 0 Å². The molecule has 114 valence electrons. The Bertz CT molecular complexity index is 321. The summed E-state index contributed by atoms with van der Waals surface area (Å²) in [5, 5.41) is 0. The maximum Gasteiger partial charge on any atom is 0.236 e. The summed E-state index contributed by atoms with van der Waals surface area (Å²) >= 11 is 0. The Morgan fingerprint density at radius 2 is 1.70 bits per heavy atom. The number of carbonyl (C=O) groups is 2. The van der Waals surface area contributed by atoms with E-state index in [1.807, 2.05) is 4.90 Å². The Morgan fingerprint density at radius 3 is 2.25 bits per heavy atom. The molecule has 1 amide bonds. The van der Waals surface area contributed by atoms with Gasteiger partial charge in [-0.1, -0.05) is 0 Å². The number of hydrogen-bond donors (Lipinski definition) is 1. The molecule has 2 fully saturated rings. The largest absolute Gasteiger partial charge is 0.339 e. The molecule has 20 heavy (non-hydrogen) atoms. The first kappa shape index (κ1) is 15.4. The van der Waals surface area contributed by atoms with Crippen LogP contribution >= 0.6 is 0 Å². The first-order valence-corrected chi connectivity index (χ1v) is 7.59. The number of piperidine rings is 1. The van der Waals surface area contributed by atoms with E-state index in [2.05, 4.69) is 9.80 Å². The van der Waals surface area contributed by atoms with Crippen LogP contribution in [-0.4, -0.2) is 85.8 Å². The van der Waals surface area contributed by atoms with E-state index in [-0.39, 0.29) is 12.5 Å². The van der Waals surface area contributed by atoms with Crippen LogP contribution in [-0.2, 0) is 9.59 Å². The Kier molecular flexibility index (Phi) is 5.94. The predicted molar refractivity (Wildman–Crippen MR) is 77.3 cm³/mol. The second-order valence-corrected chi connectivity index (χ2v) is 5.80. The minimum absolute atomic E-state index is 0.0619. The molecule has 0 saturated carbocycles. The Morgan fingerprint density at radius 1 is 1.05 bits per heavy atom.